The molecule has 0 aliphatic rings. The highest BCUT2D eigenvalue weighted by Crippen LogP contribution is 2.27. The van der Waals surface area contributed by atoms with Gasteiger partial charge in [0.05, 0.1) is 23.1 Å². The molecule has 5 nitrogen and oxygen atoms in total. The van der Waals surface area contributed by atoms with Crippen molar-refractivity contribution >= 4 is 23.1 Å². The Bertz CT molecular complexity index is 630. The quantitative estimate of drug-likeness (QED) is 0.879. The zero-order valence-corrected chi connectivity index (χ0v) is 10.3. The van der Waals surface area contributed by atoms with Gasteiger partial charge in [0.25, 0.3) is 5.91 Å². The van der Waals surface area contributed by atoms with Crippen LogP contribution in [0.2, 0.25) is 0 Å². The second-order valence-electron chi connectivity index (χ2n) is 4.01. The van der Waals surface area contributed by atoms with E-state index >= 15 is 0 Å². The van der Waals surface area contributed by atoms with Crippen molar-refractivity contribution in [1.29, 1.82) is 0 Å². The standard InChI is InChI=1S/C13H13FN4O/c1-18(11-5-3-2-4-10(11)14)13-9(12(16)19)6-8(15)7-17-13/h2-7H,15H2,1H3,(H2,16,19). The molecule has 1 aromatic heterocycles. The van der Waals surface area contributed by atoms with Crippen LogP contribution in [-0.4, -0.2) is 17.9 Å². The average Bonchev–Trinajstić information content (AvgIpc) is 2.38. The molecule has 1 aromatic carbocycles. The van der Waals surface area contributed by atoms with E-state index in [9.17, 15) is 9.18 Å². The molecule has 2 aromatic rings. The van der Waals surface area contributed by atoms with Crippen LogP contribution in [0.5, 0.6) is 0 Å². The lowest BCUT2D eigenvalue weighted by molar-refractivity contribution is 0.100. The maximum absolute atomic E-state index is 13.7. The highest BCUT2D eigenvalue weighted by molar-refractivity contribution is 5.99. The average molecular weight is 260 g/mol. The first-order chi connectivity index (χ1) is 9.00. The molecule has 0 saturated heterocycles. The van der Waals surface area contributed by atoms with Crippen LogP contribution in [0.3, 0.4) is 0 Å². The summed E-state index contributed by atoms with van der Waals surface area (Å²) in [6.45, 7) is 0. The van der Waals surface area contributed by atoms with Crippen LogP contribution in [0.4, 0.5) is 21.6 Å². The Balaban J connectivity index is 2.53. The third-order valence-electron chi connectivity index (χ3n) is 2.68. The van der Waals surface area contributed by atoms with Gasteiger partial charge < -0.3 is 16.4 Å². The molecule has 1 heterocycles. The first-order valence-electron chi connectivity index (χ1n) is 5.54. The van der Waals surface area contributed by atoms with Crippen molar-refractivity contribution in [2.45, 2.75) is 0 Å². The fraction of sp³-hybridized carbons (Fsp3) is 0.0769. The number of nitrogen functional groups attached to an aromatic ring is 1. The molecule has 1 amide bonds. The number of carbonyl (C=O) groups is 1. The first kappa shape index (κ1) is 12.8. The van der Waals surface area contributed by atoms with Gasteiger partial charge in [-0.15, -0.1) is 0 Å². The maximum atomic E-state index is 13.7. The molecule has 98 valence electrons. The summed E-state index contributed by atoms with van der Waals surface area (Å²) in [6, 6.07) is 7.60. The number of halogens is 1. The van der Waals surface area contributed by atoms with Gasteiger partial charge >= 0.3 is 0 Å². The number of para-hydroxylation sites is 1. The van der Waals surface area contributed by atoms with Crippen molar-refractivity contribution in [3.8, 4) is 0 Å². The number of primary amides is 1. The second-order valence-corrected chi connectivity index (χ2v) is 4.01. The van der Waals surface area contributed by atoms with E-state index in [0.717, 1.165) is 0 Å². The highest BCUT2D eigenvalue weighted by atomic mass is 19.1. The minimum Gasteiger partial charge on any atom is -0.397 e. The number of aromatic nitrogens is 1. The molecular formula is C13H13FN4O. The Morgan fingerprint density at radius 3 is 2.68 bits per heavy atom. The maximum Gasteiger partial charge on any atom is 0.252 e. The van der Waals surface area contributed by atoms with Crippen molar-refractivity contribution in [3.05, 3.63) is 47.9 Å². The van der Waals surface area contributed by atoms with Gasteiger partial charge in [0.15, 0.2) is 0 Å². The summed E-state index contributed by atoms with van der Waals surface area (Å²) in [7, 11) is 1.60. The predicted molar refractivity (Wildman–Crippen MR) is 71.6 cm³/mol. The van der Waals surface area contributed by atoms with Crippen LogP contribution in [0.25, 0.3) is 0 Å². The summed E-state index contributed by atoms with van der Waals surface area (Å²) in [5, 5.41) is 0. The van der Waals surface area contributed by atoms with Crippen LogP contribution in [0.1, 0.15) is 10.4 Å². The molecule has 0 saturated carbocycles. The normalized spacial score (nSPS) is 10.2. The number of pyridine rings is 1. The van der Waals surface area contributed by atoms with E-state index in [1.807, 2.05) is 0 Å². The monoisotopic (exact) mass is 260 g/mol. The number of anilines is 3. The van der Waals surface area contributed by atoms with E-state index in [0.29, 0.717) is 11.4 Å². The van der Waals surface area contributed by atoms with E-state index in [-0.39, 0.29) is 11.4 Å². The largest absolute Gasteiger partial charge is 0.397 e. The summed E-state index contributed by atoms with van der Waals surface area (Å²) in [5.74, 6) is -0.830. The summed E-state index contributed by atoms with van der Waals surface area (Å²) < 4.78 is 13.7. The van der Waals surface area contributed by atoms with Gasteiger partial charge in [-0.25, -0.2) is 9.37 Å². The molecule has 0 spiro atoms. The lowest BCUT2D eigenvalue weighted by Crippen LogP contribution is -2.20. The molecule has 6 heteroatoms. The van der Waals surface area contributed by atoms with Crippen molar-refractivity contribution in [2.75, 3.05) is 17.7 Å². The molecule has 0 unspecified atom stereocenters. The van der Waals surface area contributed by atoms with E-state index in [4.69, 9.17) is 11.5 Å². The minimum absolute atomic E-state index is 0.144. The number of nitrogens with two attached hydrogens (primary N) is 2. The van der Waals surface area contributed by atoms with Crippen LogP contribution < -0.4 is 16.4 Å². The van der Waals surface area contributed by atoms with Crippen LogP contribution in [0.15, 0.2) is 36.5 Å². The van der Waals surface area contributed by atoms with Gasteiger partial charge in [-0.05, 0) is 18.2 Å². The van der Waals surface area contributed by atoms with E-state index < -0.39 is 11.7 Å². The molecule has 0 aliphatic heterocycles. The van der Waals surface area contributed by atoms with Gasteiger partial charge in [-0.3, -0.25) is 4.79 Å². The van der Waals surface area contributed by atoms with Crippen molar-refractivity contribution in [2.24, 2.45) is 5.73 Å². The molecule has 2 rings (SSSR count). The van der Waals surface area contributed by atoms with Crippen LogP contribution in [0, 0.1) is 5.82 Å². The fourth-order valence-electron chi connectivity index (χ4n) is 1.76. The third-order valence-corrected chi connectivity index (χ3v) is 2.68. The minimum atomic E-state index is -0.669. The first-order valence-corrected chi connectivity index (χ1v) is 5.54. The molecule has 0 aliphatic carbocycles. The van der Waals surface area contributed by atoms with Gasteiger partial charge in [-0.1, -0.05) is 12.1 Å². The van der Waals surface area contributed by atoms with Gasteiger partial charge in [-0.2, -0.15) is 0 Å². The number of hydrogen-bond donors (Lipinski definition) is 2. The third kappa shape index (κ3) is 2.47. The number of benzene rings is 1. The van der Waals surface area contributed by atoms with Gasteiger partial charge in [0.2, 0.25) is 0 Å². The SMILES string of the molecule is CN(c1ccccc1F)c1ncc(N)cc1C(N)=O. The lowest BCUT2D eigenvalue weighted by atomic mass is 10.2. The summed E-state index contributed by atoms with van der Waals surface area (Å²) in [5.41, 5.74) is 11.6. The molecule has 4 N–H and O–H groups in total. The predicted octanol–water partition coefficient (Wildman–Crippen LogP) is 1.67. The fourth-order valence-corrected chi connectivity index (χ4v) is 1.76. The number of nitrogens with zero attached hydrogens (tertiary/aromatic N) is 2. The zero-order valence-electron chi connectivity index (χ0n) is 10.3. The zero-order chi connectivity index (χ0) is 14.0. The Kier molecular flexibility index (Phi) is 3.33. The molecule has 0 bridgehead atoms. The lowest BCUT2D eigenvalue weighted by Gasteiger charge is -2.21. The molecule has 0 radical (unpaired) electrons. The van der Waals surface area contributed by atoms with Gasteiger partial charge in [0, 0.05) is 7.05 Å². The highest BCUT2D eigenvalue weighted by Gasteiger charge is 2.17. The summed E-state index contributed by atoms with van der Waals surface area (Å²) in [6.07, 6.45) is 1.39. The molecule has 0 atom stereocenters. The smallest absolute Gasteiger partial charge is 0.252 e. The number of amides is 1. The number of rotatable bonds is 3. The Labute approximate surface area is 109 Å². The number of carbonyl (C=O) groups excluding carboxylic acids is 1. The van der Waals surface area contributed by atoms with Crippen LogP contribution in [-0.2, 0) is 0 Å². The molecule has 0 fully saturated rings. The summed E-state index contributed by atoms with van der Waals surface area (Å²) in [4.78, 5) is 16.9. The summed E-state index contributed by atoms with van der Waals surface area (Å²) >= 11 is 0. The molecular weight excluding hydrogens is 247 g/mol. The Hall–Kier alpha value is -2.63. The Morgan fingerprint density at radius 2 is 2.05 bits per heavy atom. The van der Waals surface area contributed by atoms with E-state index in [1.165, 1.54) is 23.2 Å². The van der Waals surface area contributed by atoms with Crippen LogP contribution >= 0.6 is 0 Å². The van der Waals surface area contributed by atoms with E-state index in [2.05, 4.69) is 4.98 Å². The van der Waals surface area contributed by atoms with E-state index in [1.54, 1.807) is 25.2 Å². The van der Waals surface area contributed by atoms with Crippen molar-refractivity contribution in [1.82, 2.24) is 4.98 Å². The van der Waals surface area contributed by atoms with Gasteiger partial charge in [0.1, 0.15) is 11.6 Å². The molecule has 19 heavy (non-hydrogen) atoms. The van der Waals surface area contributed by atoms with Crippen molar-refractivity contribution in [3.63, 3.8) is 0 Å². The topological polar surface area (TPSA) is 85.2 Å². The second kappa shape index (κ2) is 4.93. The van der Waals surface area contributed by atoms with Crippen molar-refractivity contribution < 1.29 is 9.18 Å². The Morgan fingerprint density at radius 1 is 1.37 bits per heavy atom. The number of hydrogen-bond acceptors (Lipinski definition) is 4.